The number of phenolic OH excluding ortho intramolecular Hbond substituents is 2. The van der Waals surface area contributed by atoms with Crippen molar-refractivity contribution in [3.8, 4) is 11.5 Å². The van der Waals surface area contributed by atoms with Crippen molar-refractivity contribution in [3.05, 3.63) is 64.2 Å². The Morgan fingerprint density at radius 1 is 0.840 bits per heavy atom. The minimum absolute atomic E-state index is 0.0170. The molecule has 5 aromatic rings. The molecule has 0 spiro atoms. The van der Waals surface area contributed by atoms with Gasteiger partial charge in [-0.05, 0) is 23.6 Å². The Hall–Kier alpha value is -3.60. The molecule has 5 heteroatoms. The number of phenols is 2. The quantitative estimate of drug-likeness (QED) is 0.197. The Labute approximate surface area is 139 Å². The van der Waals surface area contributed by atoms with E-state index in [1.54, 1.807) is 18.2 Å². The van der Waals surface area contributed by atoms with Gasteiger partial charge < -0.3 is 14.6 Å². The number of rotatable bonds is 0. The van der Waals surface area contributed by atoms with Crippen LogP contribution in [0.15, 0.2) is 57.7 Å². The third-order valence-electron chi connectivity index (χ3n) is 4.62. The van der Waals surface area contributed by atoms with Crippen molar-refractivity contribution in [1.82, 2.24) is 0 Å². The van der Waals surface area contributed by atoms with Crippen molar-refractivity contribution in [2.24, 2.45) is 0 Å². The van der Waals surface area contributed by atoms with E-state index in [9.17, 15) is 19.8 Å². The molecule has 120 valence electrons. The fraction of sp³-hybridized carbons (Fsp3) is 0. The van der Waals surface area contributed by atoms with Crippen LogP contribution in [0.4, 0.5) is 0 Å². The maximum absolute atomic E-state index is 12.0. The van der Waals surface area contributed by atoms with Crippen LogP contribution in [0.25, 0.3) is 43.5 Å². The van der Waals surface area contributed by atoms with Crippen molar-refractivity contribution in [1.29, 1.82) is 0 Å². The van der Waals surface area contributed by atoms with Gasteiger partial charge in [-0.1, -0.05) is 18.2 Å². The predicted molar refractivity (Wildman–Crippen MR) is 94.6 cm³/mol. The molecule has 0 amide bonds. The molecule has 0 bridgehead atoms. The minimum atomic E-state index is -0.384. The largest absolute Gasteiger partial charge is 0.504 e. The first-order valence-corrected chi connectivity index (χ1v) is 7.68. The molecule has 0 radical (unpaired) electrons. The molecular weight excluding hydrogens is 320 g/mol. The highest BCUT2D eigenvalue weighted by Gasteiger charge is 2.21. The Morgan fingerprint density at radius 3 is 2.40 bits per heavy atom. The maximum Gasteiger partial charge on any atom is 0.355 e. The summed E-state index contributed by atoms with van der Waals surface area (Å²) in [6.07, 6.45) is 0. The van der Waals surface area contributed by atoms with E-state index in [1.165, 1.54) is 18.2 Å². The molecular formula is C20H11O5+. The second-order valence-electron chi connectivity index (χ2n) is 6.03. The van der Waals surface area contributed by atoms with Crippen LogP contribution in [0, 0.1) is 0 Å². The smallest absolute Gasteiger partial charge is 0.355 e. The molecule has 3 N–H and O–H groups in total. The van der Waals surface area contributed by atoms with Gasteiger partial charge >= 0.3 is 5.43 Å². The molecule has 0 atom stereocenters. The second kappa shape index (κ2) is 4.48. The summed E-state index contributed by atoms with van der Waals surface area (Å²) in [4.78, 5) is 22.7. The van der Waals surface area contributed by atoms with E-state index < -0.39 is 0 Å². The molecule has 5 rings (SSSR count). The standard InChI is InChI=1S/C20H10O5/c21-9-7-13-17-15(8-9)25-20-12(5-6-14(22)19(20)24)16(17)10-3-1-2-4-11(10)18(13)23/h1-8,22,24H/p+1. The van der Waals surface area contributed by atoms with Crippen molar-refractivity contribution >= 4 is 43.5 Å². The lowest BCUT2D eigenvalue weighted by Crippen LogP contribution is -2.09. The maximum atomic E-state index is 12.0. The molecule has 4 aromatic carbocycles. The summed E-state index contributed by atoms with van der Waals surface area (Å²) in [7, 11) is 0. The average molecular weight is 331 g/mol. The highest BCUT2D eigenvalue weighted by Crippen LogP contribution is 2.41. The highest BCUT2D eigenvalue weighted by atomic mass is 16.4. The van der Waals surface area contributed by atoms with E-state index in [1.807, 2.05) is 12.1 Å². The Bertz CT molecular complexity index is 1450. The summed E-state index contributed by atoms with van der Waals surface area (Å²) in [5, 5.41) is 23.7. The number of benzene rings is 4. The lowest BCUT2D eigenvalue weighted by Gasteiger charge is -2.11. The van der Waals surface area contributed by atoms with Gasteiger partial charge in [0.25, 0.3) is 0 Å². The molecule has 0 saturated carbocycles. The number of hydrogen-bond donors (Lipinski definition) is 2. The van der Waals surface area contributed by atoms with Crippen LogP contribution in [0.5, 0.6) is 11.5 Å². The second-order valence-corrected chi connectivity index (χ2v) is 6.03. The SMILES string of the molecule is O=c1cc2oc3c(O)c(O)ccc3c3c4ccccc4c(=[OH+])c(c1)c23. The van der Waals surface area contributed by atoms with Crippen LogP contribution in [-0.2, 0) is 0 Å². The molecule has 0 saturated heterocycles. The van der Waals surface area contributed by atoms with Crippen LogP contribution in [0.1, 0.15) is 0 Å². The van der Waals surface area contributed by atoms with Crippen LogP contribution in [0.3, 0.4) is 0 Å². The number of fused-ring (bicyclic) bond motifs is 4. The summed E-state index contributed by atoms with van der Waals surface area (Å²) in [5.41, 5.74) is 0.0349. The van der Waals surface area contributed by atoms with Crippen LogP contribution < -0.4 is 10.9 Å². The lowest BCUT2D eigenvalue weighted by atomic mass is 9.94. The van der Waals surface area contributed by atoms with Gasteiger partial charge in [0.1, 0.15) is 5.58 Å². The van der Waals surface area contributed by atoms with Gasteiger partial charge in [0.15, 0.2) is 16.8 Å². The van der Waals surface area contributed by atoms with Gasteiger partial charge in [-0.15, -0.1) is 0 Å². The lowest BCUT2D eigenvalue weighted by molar-refractivity contribution is 0.401. The normalized spacial score (nSPS) is 11.8. The van der Waals surface area contributed by atoms with Crippen molar-refractivity contribution < 1.29 is 19.4 Å². The Kier molecular flexibility index (Phi) is 2.47. The zero-order valence-corrected chi connectivity index (χ0v) is 12.8. The molecule has 1 aromatic heterocycles. The fourth-order valence-corrected chi connectivity index (χ4v) is 3.55. The van der Waals surface area contributed by atoms with E-state index in [4.69, 9.17) is 4.42 Å². The van der Waals surface area contributed by atoms with Gasteiger partial charge in [0.05, 0.1) is 10.8 Å². The van der Waals surface area contributed by atoms with Crippen LogP contribution in [-0.4, -0.2) is 15.0 Å². The van der Waals surface area contributed by atoms with E-state index in [0.29, 0.717) is 21.5 Å². The molecule has 0 fully saturated rings. The molecule has 0 unspecified atom stereocenters. The topological polar surface area (TPSA) is 92.1 Å². The first kappa shape index (κ1) is 13.8. The van der Waals surface area contributed by atoms with Crippen LogP contribution in [0.2, 0.25) is 0 Å². The summed E-state index contributed by atoms with van der Waals surface area (Å²) in [5.74, 6) is -0.690. The number of hydrogen-bond acceptors (Lipinski definition) is 4. The molecule has 0 aliphatic heterocycles. The van der Waals surface area contributed by atoms with Gasteiger partial charge in [-0.3, -0.25) is 9.59 Å². The van der Waals surface area contributed by atoms with E-state index in [-0.39, 0.29) is 33.5 Å². The summed E-state index contributed by atoms with van der Waals surface area (Å²) in [6, 6.07) is 13.0. The van der Waals surface area contributed by atoms with Crippen molar-refractivity contribution in [2.45, 2.75) is 0 Å². The molecule has 1 heterocycles. The zero-order chi connectivity index (χ0) is 17.3. The summed E-state index contributed by atoms with van der Waals surface area (Å²) >= 11 is 0. The highest BCUT2D eigenvalue weighted by molar-refractivity contribution is 6.28. The first-order chi connectivity index (χ1) is 12.1. The van der Waals surface area contributed by atoms with Gasteiger partial charge in [-0.25, -0.2) is 0 Å². The summed E-state index contributed by atoms with van der Waals surface area (Å²) < 4.78 is 5.72. The predicted octanol–water partition coefficient (Wildman–Crippen LogP) is 3.11. The Morgan fingerprint density at radius 2 is 1.60 bits per heavy atom. The molecule has 5 nitrogen and oxygen atoms in total. The van der Waals surface area contributed by atoms with Crippen molar-refractivity contribution in [2.75, 3.05) is 0 Å². The monoisotopic (exact) mass is 331 g/mol. The molecule has 0 aliphatic carbocycles. The van der Waals surface area contributed by atoms with Gasteiger partial charge in [0.2, 0.25) is 5.75 Å². The van der Waals surface area contributed by atoms with Gasteiger partial charge in [0, 0.05) is 28.3 Å². The van der Waals surface area contributed by atoms with Crippen LogP contribution >= 0.6 is 0 Å². The van der Waals surface area contributed by atoms with Crippen molar-refractivity contribution in [3.63, 3.8) is 0 Å². The number of aromatic hydroxyl groups is 2. The third kappa shape index (κ3) is 1.67. The van der Waals surface area contributed by atoms with Gasteiger partial charge in [-0.2, -0.15) is 0 Å². The zero-order valence-electron chi connectivity index (χ0n) is 12.8. The van der Waals surface area contributed by atoms with E-state index in [0.717, 1.165) is 10.8 Å². The Balaban J connectivity index is 2.30. The first-order valence-electron chi connectivity index (χ1n) is 7.68. The summed E-state index contributed by atoms with van der Waals surface area (Å²) in [6.45, 7) is 0. The minimum Gasteiger partial charge on any atom is -0.504 e. The molecule has 0 aliphatic rings. The average Bonchev–Trinajstić information content (AvgIpc) is 2.61. The van der Waals surface area contributed by atoms with E-state index in [2.05, 4.69) is 0 Å². The molecule has 25 heavy (non-hydrogen) atoms. The van der Waals surface area contributed by atoms with E-state index >= 15 is 0 Å². The fourth-order valence-electron chi connectivity index (χ4n) is 3.55. The third-order valence-corrected chi connectivity index (χ3v) is 4.62.